The van der Waals surface area contributed by atoms with Gasteiger partial charge in [0.05, 0.1) is 0 Å². The van der Waals surface area contributed by atoms with Crippen LogP contribution >= 0.6 is 0 Å². The Morgan fingerprint density at radius 2 is 1.68 bits per heavy atom. The van der Waals surface area contributed by atoms with Gasteiger partial charge in [-0.15, -0.1) is 0 Å². The molecule has 0 aliphatic heterocycles. The van der Waals surface area contributed by atoms with Crippen LogP contribution in [0.2, 0.25) is 0 Å². The highest BCUT2D eigenvalue weighted by molar-refractivity contribution is 5.93. The summed E-state index contributed by atoms with van der Waals surface area (Å²) in [6, 6.07) is 0.104. The van der Waals surface area contributed by atoms with Crippen LogP contribution in [-0.4, -0.2) is 23.9 Å². The number of rotatable bonds is 3. The second-order valence-corrected chi connectivity index (χ2v) is 7.14. The minimum absolute atomic E-state index is 0.0321. The first-order valence-corrected chi connectivity index (χ1v) is 8.71. The summed E-state index contributed by atoms with van der Waals surface area (Å²) < 4.78 is 0. The third kappa shape index (κ3) is 3.29. The van der Waals surface area contributed by atoms with Gasteiger partial charge in [0.15, 0.2) is 0 Å². The van der Waals surface area contributed by atoms with Gasteiger partial charge in [-0.05, 0) is 56.8 Å². The van der Waals surface area contributed by atoms with Crippen molar-refractivity contribution < 1.29 is 9.59 Å². The van der Waals surface area contributed by atoms with E-state index >= 15 is 0 Å². The molecule has 0 aromatic rings. The lowest BCUT2D eigenvalue weighted by Crippen LogP contribution is -2.54. The zero-order valence-electron chi connectivity index (χ0n) is 13.4. The van der Waals surface area contributed by atoms with Crippen molar-refractivity contribution in [2.24, 2.45) is 17.8 Å². The Kier molecular flexibility index (Phi) is 4.71. The molecule has 0 aromatic carbocycles. The topological polar surface area (TPSA) is 58.2 Å². The summed E-state index contributed by atoms with van der Waals surface area (Å²) in [6.45, 7) is 1.66. The Bertz CT molecular complexity index is 505. The molecule has 4 nitrogen and oxygen atoms in total. The quantitative estimate of drug-likeness (QED) is 0.783. The Morgan fingerprint density at radius 1 is 0.955 bits per heavy atom. The molecule has 0 saturated heterocycles. The molecule has 3 saturated carbocycles. The largest absolute Gasteiger partial charge is 0.351 e. The van der Waals surface area contributed by atoms with Crippen molar-refractivity contribution >= 4 is 11.8 Å². The van der Waals surface area contributed by atoms with E-state index < -0.39 is 0 Å². The minimum Gasteiger partial charge on any atom is -0.351 e. The molecule has 5 atom stereocenters. The normalized spacial score (nSPS) is 36.3. The van der Waals surface area contributed by atoms with Crippen molar-refractivity contribution in [2.45, 2.75) is 70.4 Å². The van der Waals surface area contributed by atoms with Gasteiger partial charge in [0.2, 0.25) is 5.91 Å². The predicted octanol–water partition coefficient (Wildman–Crippen LogP) is 1.99. The Hall–Kier alpha value is -1.50. The highest BCUT2D eigenvalue weighted by Gasteiger charge is 2.43. The monoisotopic (exact) mass is 302 g/mol. The molecule has 2 N–H and O–H groups in total. The lowest BCUT2D eigenvalue weighted by molar-refractivity contribution is -0.128. The van der Waals surface area contributed by atoms with Crippen LogP contribution in [0.4, 0.5) is 0 Å². The van der Waals surface area contributed by atoms with E-state index in [9.17, 15) is 9.59 Å². The van der Waals surface area contributed by atoms with E-state index in [-0.39, 0.29) is 29.8 Å². The molecule has 0 radical (unpaired) electrons. The first-order valence-electron chi connectivity index (χ1n) is 8.71. The standard InChI is InChI=1S/C18H26N2O2/c1-2-5-17(21)19-15-6-3-4-7-16(15)20-18(22)14-11-12-8-9-13(14)10-12/h12-16H,3-4,6-11H2,1H3,(H,19,21)(H,20,22). The lowest BCUT2D eigenvalue weighted by Gasteiger charge is -2.34. The lowest BCUT2D eigenvalue weighted by atomic mass is 9.86. The second-order valence-electron chi connectivity index (χ2n) is 7.14. The predicted molar refractivity (Wildman–Crippen MR) is 84.7 cm³/mol. The van der Waals surface area contributed by atoms with E-state index in [0.29, 0.717) is 5.92 Å². The van der Waals surface area contributed by atoms with E-state index in [1.807, 2.05) is 0 Å². The van der Waals surface area contributed by atoms with Gasteiger partial charge >= 0.3 is 0 Å². The van der Waals surface area contributed by atoms with Gasteiger partial charge in [0.1, 0.15) is 0 Å². The maximum absolute atomic E-state index is 12.6. The summed E-state index contributed by atoms with van der Waals surface area (Å²) in [7, 11) is 0. The average molecular weight is 302 g/mol. The number of carbonyl (C=O) groups is 2. The fourth-order valence-corrected chi connectivity index (χ4v) is 4.65. The van der Waals surface area contributed by atoms with Crippen LogP contribution in [-0.2, 0) is 9.59 Å². The van der Waals surface area contributed by atoms with E-state index in [1.165, 1.54) is 19.3 Å². The Labute approximate surface area is 132 Å². The first kappa shape index (κ1) is 15.4. The molecule has 3 rings (SSSR count). The average Bonchev–Trinajstić information content (AvgIpc) is 3.12. The van der Waals surface area contributed by atoms with Crippen LogP contribution in [0, 0.1) is 29.6 Å². The maximum Gasteiger partial charge on any atom is 0.296 e. The van der Waals surface area contributed by atoms with E-state index in [1.54, 1.807) is 6.92 Å². The third-order valence-electron chi connectivity index (χ3n) is 5.72. The van der Waals surface area contributed by atoms with Crippen molar-refractivity contribution in [3.05, 3.63) is 0 Å². The highest BCUT2D eigenvalue weighted by Crippen LogP contribution is 2.48. The van der Waals surface area contributed by atoms with Crippen LogP contribution in [0.3, 0.4) is 0 Å². The minimum atomic E-state index is -0.228. The van der Waals surface area contributed by atoms with Crippen LogP contribution in [0.5, 0.6) is 0 Å². The molecule has 2 amide bonds. The van der Waals surface area contributed by atoms with Gasteiger partial charge in [-0.3, -0.25) is 9.59 Å². The van der Waals surface area contributed by atoms with E-state index in [2.05, 4.69) is 22.5 Å². The zero-order valence-corrected chi connectivity index (χ0v) is 13.4. The fourth-order valence-electron chi connectivity index (χ4n) is 4.65. The van der Waals surface area contributed by atoms with Crippen molar-refractivity contribution in [3.8, 4) is 11.8 Å². The smallest absolute Gasteiger partial charge is 0.296 e. The van der Waals surface area contributed by atoms with Gasteiger partial charge in [0, 0.05) is 18.0 Å². The molecule has 5 unspecified atom stereocenters. The second kappa shape index (κ2) is 6.73. The number of carbonyl (C=O) groups excluding carboxylic acids is 2. The van der Waals surface area contributed by atoms with Crippen LogP contribution in [0.15, 0.2) is 0 Å². The number of hydrogen-bond acceptors (Lipinski definition) is 2. The molecule has 3 fully saturated rings. The summed E-state index contributed by atoms with van der Waals surface area (Å²) in [5, 5.41) is 6.21. The van der Waals surface area contributed by atoms with Crippen LogP contribution in [0.1, 0.15) is 58.3 Å². The van der Waals surface area contributed by atoms with Gasteiger partial charge in [0.25, 0.3) is 5.91 Å². The van der Waals surface area contributed by atoms with E-state index in [0.717, 1.165) is 38.0 Å². The Balaban J connectivity index is 1.57. The molecule has 0 heterocycles. The van der Waals surface area contributed by atoms with Gasteiger partial charge in [-0.25, -0.2) is 0 Å². The number of nitrogens with one attached hydrogen (secondary N) is 2. The molecule has 0 aromatic heterocycles. The molecule has 3 aliphatic rings. The molecule has 4 heteroatoms. The van der Waals surface area contributed by atoms with Crippen LogP contribution < -0.4 is 10.6 Å². The van der Waals surface area contributed by atoms with Crippen molar-refractivity contribution in [1.29, 1.82) is 0 Å². The number of fused-ring (bicyclic) bond motifs is 2. The number of amides is 2. The van der Waals surface area contributed by atoms with Gasteiger partial charge in [-0.1, -0.05) is 25.2 Å². The molecule has 0 spiro atoms. The molecule has 120 valence electrons. The maximum atomic E-state index is 12.6. The molecule has 22 heavy (non-hydrogen) atoms. The Morgan fingerprint density at radius 3 is 2.27 bits per heavy atom. The SMILES string of the molecule is CC#CC(=O)NC1CCCCC1NC(=O)C1CC2CCC1C2. The fraction of sp³-hybridized carbons (Fsp3) is 0.778. The first-order chi connectivity index (χ1) is 10.7. The summed E-state index contributed by atoms with van der Waals surface area (Å²) >= 11 is 0. The summed E-state index contributed by atoms with van der Waals surface area (Å²) in [6.07, 6.45) is 8.96. The summed E-state index contributed by atoms with van der Waals surface area (Å²) in [4.78, 5) is 24.3. The van der Waals surface area contributed by atoms with E-state index in [4.69, 9.17) is 0 Å². The molecular formula is C18H26N2O2. The van der Waals surface area contributed by atoms with Gasteiger partial charge < -0.3 is 10.6 Å². The number of hydrogen-bond donors (Lipinski definition) is 2. The zero-order chi connectivity index (χ0) is 15.5. The highest BCUT2D eigenvalue weighted by atomic mass is 16.2. The van der Waals surface area contributed by atoms with Gasteiger partial charge in [-0.2, -0.15) is 0 Å². The molecule has 2 bridgehead atoms. The molecule has 3 aliphatic carbocycles. The van der Waals surface area contributed by atoms with Crippen molar-refractivity contribution in [3.63, 3.8) is 0 Å². The summed E-state index contributed by atoms with van der Waals surface area (Å²) in [5.74, 6) is 6.75. The third-order valence-corrected chi connectivity index (χ3v) is 5.72. The van der Waals surface area contributed by atoms with Crippen molar-refractivity contribution in [1.82, 2.24) is 10.6 Å². The van der Waals surface area contributed by atoms with Crippen LogP contribution in [0.25, 0.3) is 0 Å². The van der Waals surface area contributed by atoms with Crippen molar-refractivity contribution in [2.75, 3.05) is 0 Å². The summed E-state index contributed by atoms with van der Waals surface area (Å²) in [5.41, 5.74) is 0. The molecular weight excluding hydrogens is 276 g/mol.